The zero-order chi connectivity index (χ0) is 12.7. The number of amides is 2. The van der Waals surface area contributed by atoms with Crippen molar-refractivity contribution in [3.05, 3.63) is 30.3 Å². The molecule has 0 fully saturated rings. The van der Waals surface area contributed by atoms with Gasteiger partial charge in [-0.1, -0.05) is 18.2 Å². The Morgan fingerprint density at radius 2 is 2.06 bits per heavy atom. The van der Waals surface area contributed by atoms with Crippen molar-refractivity contribution in [3.63, 3.8) is 0 Å². The van der Waals surface area contributed by atoms with E-state index in [0.717, 1.165) is 5.69 Å². The lowest BCUT2D eigenvalue weighted by atomic mass is 10.3. The molecule has 4 heteroatoms. The van der Waals surface area contributed by atoms with Gasteiger partial charge in [0.1, 0.15) is 0 Å². The van der Waals surface area contributed by atoms with E-state index in [1.807, 2.05) is 44.2 Å². The SMILES string of the molecule is CC(C)N(CCC#N)C(=O)Nc1ccccc1. The molecule has 0 aliphatic rings. The highest BCUT2D eigenvalue weighted by Gasteiger charge is 2.16. The third kappa shape index (κ3) is 4.15. The zero-order valence-electron chi connectivity index (χ0n) is 10.2. The molecule has 0 bridgehead atoms. The molecular formula is C13H17N3O. The molecule has 0 spiro atoms. The van der Waals surface area contributed by atoms with Gasteiger partial charge >= 0.3 is 6.03 Å². The molecule has 1 rings (SSSR count). The molecule has 0 atom stereocenters. The summed E-state index contributed by atoms with van der Waals surface area (Å²) in [5.74, 6) is 0. The van der Waals surface area contributed by atoms with Crippen LogP contribution in [0.15, 0.2) is 30.3 Å². The third-order valence-corrected chi connectivity index (χ3v) is 2.37. The number of nitrogens with one attached hydrogen (secondary N) is 1. The number of hydrogen-bond donors (Lipinski definition) is 1. The normalized spacial score (nSPS) is 9.76. The fourth-order valence-electron chi connectivity index (χ4n) is 1.48. The molecule has 0 saturated heterocycles. The Labute approximate surface area is 102 Å². The summed E-state index contributed by atoms with van der Waals surface area (Å²) < 4.78 is 0. The first-order valence-corrected chi connectivity index (χ1v) is 5.64. The van der Waals surface area contributed by atoms with Crippen molar-refractivity contribution in [2.24, 2.45) is 0 Å². The lowest BCUT2D eigenvalue weighted by molar-refractivity contribution is 0.198. The molecular weight excluding hydrogens is 214 g/mol. The van der Waals surface area contributed by atoms with Crippen molar-refractivity contribution in [2.45, 2.75) is 26.3 Å². The maximum Gasteiger partial charge on any atom is 0.322 e. The molecule has 1 aromatic carbocycles. The highest BCUT2D eigenvalue weighted by Crippen LogP contribution is 2.08. The summed E-state index contributed by atoms with van der Waals surface area (Å²) in [4.78, 5) is 13.6. The molecule has 0 aromatic heterocycles. The number of benzene rings is 1. The minimum absolute atomic E-state index is 0.0760. The number of para-hydroxylation sites is 1. The number of anilines is 1. The lowest BCUT2D eigenvalue weighted by Crippen LogP contribution is -2.40. The van der Waals surface area contributed by atoms with Gasteiger partial charge in [0.2, 0.25) is 0 Å². The van der Waals surface area contributed by atoms with Gasteiger partial charge in [-0.25, -0.2) is 4.79 Å². The quantitative estimate of drug-likeness (QED) is 0.866. The van der Waals surface area contributed by atoms with Crippen LogP contribution in [0.2, 0.25) is 0 Å². The van der Waals surface area contributed by atoms with E-state index >= 15 is 0 Å². The van der Waals surface area contributed by atoms with E-state index in [2.05, 4.69) is 11.4 Å². The fourth-order valence-corrected chi connectivity index (χ4v) is 1.48. The Morgan fingerprint density at radius 3 is 2.59 bits per heavy atom. The van der Waals surface area contributed by atoms with Crippen molar-refractivity contribution >= 4 is 11.7 Å². The highest BCUT2D eigenvalue weighted by atomic mass is 16.2. The second-order valence-electron chi connectivity index (χ2n) is 3.99. The molecule has 0 aliphatic carbocycles. The summed E-state index contributed by atoms with van der Waals surface area (Å²) in [6, 6.07) is 11.3. The van der Waals surface area contributed by atoms with Crippen molar-refractivity contribution < 1.29 is 4.79 Å². The molecule has 4 nitrogen and oxygen atoms in total. The Bertz CT molecular complexity index is 395. The summed E-state index contributed by atoms with van der Waals surface area (Å²) >= 11 is 0. The monoisotopic (exact) mass is 231 g/mol. The van der Waals surface area contributed by atoms with E-state index in [-0.39, 0.29) is 12.1 Å². The van der Waals surface area contributed by atoms with Gasteiger partial charge in [0, 0.05) is 18.3 Å². The molecule has 90 valence electrons. The van der Waals surface area contributed by atoms with Gasteiger partial charge in [-0.15, -0.1) is 0 Å². The number of nitriles is 1. The molecule has 0 aliphatic heterocycles. The van der Waals surface area contributed by atoms with Crippen LogP contribution in [0, 0.1) is 11.3 Å². The standard InChI is InChI=1S/C13H17N3O/c1-11(2)16(10-6-9-14)13(17)15-12-7-4-3-5-8-12/h3-5,7-8,11H,6,10H2,1-2H3,(H,15,17). The van der Waals surface area contributed by atoms with E-state index in [4.69, 9.17) is 5.26 Å². The predicted molar refractivity (Wildman–Crippen MR) is 67.5 cm³/mol. The minimum Gasteiger partial charge on any atom is -0.321 e. The van der Waals surface area contributed by atoms with Gasteiger partial charge in [0.15, 0.2) is 0 Å². The molecule has 2 amide bonds. The zero-order valence-corrected chi connectivity index (χ0v) is 10.2. The molecule has 0 unspecified atom stereocenters. The number of nitrogens with zero attached hydrogens (tertiary/aromatic N) is 2. The van der Waals surface area contributed by atoms with Crippen LogP contribution in [-0.2, 0) is 0 Å². The molecule has 0 saturated carbocycles. The van der Waals surface area contributed by atoms with Gasteiger partial charge in [0.05, 0.1) is 12.5 Å². The van der Waals surface area contributed by atoms with Crippen LogP contribution in [0.25, 0.3) is 0 Å². The fraction of sp³-hybridized carbons (Fsp3) is 0.385. The second-order valence-corrected chi connectivity index (χ2v) is 3.99. The Kier molecular flexibility index (Phi) is 5.02. The number of carbonyl (C=O) groups excluding carboxylic acids is 1. The molecule has 17 heavy (non-hydrogen) atoms. The van der Waals surface area contributed by atoms with Crippen molar-refractivity contribution in [3.8, 4) is 6.07 Å². The van der Waals surface area contributed by atoms with Crippen LogP contribution in [0.5, 0.6) is 0 Å². The Hall–Kier alpha value is -2.02. The number of hydrogen-bond acceptors (Lipinski definition) is 2. The van der Waals surface area contributed by atoms with Crippen LogP contribution in [-0.4, -0.2) is 23.5 Å². The summed E-state index contributed by atoms with van der Waals surface area (Å²) in [7, 11) is 0. The number of rotatable bonds is 4. The largest absolute Gasteiger partial charge is 0.322 e. The van der Waals surface area contributed by atoms with Gasteiger partial charge in [-0.3, -0.25) is 0 Å². The topological polar surface area (TPSA) is 56.1 Å². The Morgan fingerprint density at radius 1 is 1.41 bits per heavy atom. The van der Waals surface area contributed by atoms with Crippen molar-refractivity contribution in [1.82, 2.24) is 4.90 Å². The first-order chi connectivity index (χ1) is 8.15. The molecule has 1 N–H and O–H groups in total. The first kappa shape index (κ1) is 13.0. The maximum absolute atomic E-state index is 12.0. The lowest BCUT2D eigenvalue weighted by Gasteiger charge is -2.26. The third-order valence-electron chi connectivity index (χ3n) is 2.37. The van der Waals surface area contributed by atoms with Gasteiger partial charge in [-0.2, -0.15) is 5.26 Å². The van der Waals surface area contributed by atoms with E-state index in [1.165, 1.54) is 0 Å². The number of urea groups is 1. The molecule has 0 radical (unpaired) electrons. The van der Waals surface area contributed by atoms with Crippen LogP contribution >= 0.6 is 0 Å². The van der Waals surface area contributed by atoms with Gasteiger partial charge in [-0.05, 0) is 26.0 Å². The second kappa shape index (κ2) is 6.54. The average Bonchev–Trinajstić information content (AvgIpc) is 2.30. The van der Waals surface area contributed by atoms with E-state index < -0.39 is 0 Å². The van der Waals surface area contributed by atoms with Crippen LogP contribution in [0.4, 0.5) is 10.5 Å². The molecule has 0 heterocycles. The van der Waals surface area contributed by atoms with E-state index in [9.17, 15) is 4.79 Å². The highest BCUT2D eigenvalue weighted by molar-refractivity contribution is 5.89. The summed E-state index contributed by atoms with van der Waals surface area (Å²) in [5, 5.41) is 11.4. The predicted octanol–water partition coefficient (Wildman–Crippen LogP) is 2.84. The van der Waals surface area contributed by atoms with Crippen LogP contribution in [0.1, 0.15) is 20.3 Å². The van der Waals surface area contributed by atoms with Crippen molar-refractivity contribution in [2.75, 3.05) is 11.9 Å². The average molecular weight is 231 g/mol. The van der Waals surface area contributed by atoms with Gasteiger partial charge in [0.25, 0.3) is 0 Å². The van der Waals surface area contributed by atoms with Crippen LogP contribution in [0.3, 0.4) is 0 Å². The minimum atomic E-state index is -0.165. The van der Waals surface area contributed by atoms with E-state index in [1.54, 1.807) is 4.90 Å². The first-order valence-electron chi connectivity index (χ1n) is 5.64. The van der Waals surface area contributed by atoms with Crippen molar-refractivity contribution in [1.29, 1.82) is 5.26 Å². The summed E-state index contributed by atoms with van der Waals surface area (Å²) in [6.07, 6.45) is 0.348. The van der Waals surface area contributed by atoms with Gasteiger partial charge < -0.3 is 10.2 Å². The smallest absolute Gasteiger partial charge is 0.321 e. The molecule has 1 aromatic rings. The summed E-state index contributed by atoms with van der Waals surface area (Å²) in [6.45, 7) is 4.32. The van der Waals surface area contributed by atoms with Crippen LogP contribution < -0.4 is 5.32 Å². The number of carbonyl (C=O) groups is 1. The Balaban J connectivity index is 2.63. The van der Waals surface area contributed by atoms with E-state index in [0.29, 0.717) is 13.0 Å². The maximum atomic E-state index is 12.0. The summed E-state index contributed by atoms with van der Waals surface area (Å²) in [5.41, 5.74) is 0.764.